The summed E-state index contributed by atoms with van der Waals surface area (Å²) in [5.74, 6) is 2.53. The van der Waals surface area contributed by atoms with Crippen molar-refractivity contribution in [1.29, 1.82) is 0 Å². The van der Waals surface area contributed by atoms with E-state index in [2.05, 4.69) is 55.2 Å². The van der Waals surface area contributed by atoms with Crippen molar-refractivity contribution in [3.63, 3.8) is 0 Å². The zero-order valence-electron chi connectivity index (χ0n) is 16.9. The first kappa shape index (κ1) is 23.0. The normalized spacial score (nSPS) is 26.7. The number of rotatable bonds is 6. The molecule has 2 unspecified atom stereocenters. The van der Waals surface area contributed by atoms with Crippen LogP contribution >= 0.6 is 24.0 Å². The van der Waals surface area contributed by atoms with E-state index in [1.165, 1.54) is 38.9 Å². The van der Waals surface area contributed by atoms with Gasteiger partial charge >= 0.3 is 0 Å². The number of nitrogens with one attached hydrogen (secondary N) is 2. The summed E-state index contributed by atoms with van der Waals surface area (Å²) in [5, 5.41) is 7.12. The van der Waals surface area contributed by atoms with Gasteiger partial charge in [-0.2, -0.15) is 0 Å². The molecule has 2 heterocycles. The number of halogens is 1. The number of hydrogen-bond donors (Lipinski definition) is 2. The predicted molar refractivity (Wildman–Crippen MR) is 119 cm³/mol. The molecule has 5 nitrogen and oxygen atoms in total. The van der Waals surface area contributed by atoms with Crippen LogP contribution in [0.25, 0.3) is 0 Å². The molecule has 0 bridgehead atoms. The molecule has 0 saturated carbocycles. The van der Waals surface area contributed by atoms with Gasteiger partial charge in [0, 0.05) is 38.3 Å². The van der Waals surface area contributed by atoms with Crippen molar-refractivity contribution in [3.05, 3.63) is 0 Å². The number of likely N-dealkylation sites (tertiary alicyclic amines) is 2. The van der Waals surface area contributed by atoms with Gasteiger partial charge in [-0.25, -0.2) is 0 Å². The maximum atomic E-state index is 4.86. The van der Waals surface area contributed by atoms with Crippen LogP contribution in [-0.2, 0) is 0 Å². The van der Waals surface area contributed by atoms with Gasteiger partial charge in [-0.1, -0.05) is 6.92 Å². The Morgan fingerprint density at radius 3 is 2.44 bits per heavy atom. The highest BCUT2D eigenvalue weighted by Gasteiger charge is 2.31. The second-order valence-electron chi connectivity index (χ2n) is 8.07. The van der Waals surface area contributed by atoms with Crippen molar-refractivity contribution in [2.75, 3.05) is 46.3 Å². The van der Waals surface area contributed by atoms with Crippen LogP contribution in [0.15, 0.2) is 4.99 Å². The van der Waals surface area contributed by atoms with E-state index in [9.17, 15) is 0 Å². The van der Waals surface area contributed by atoms with Crippen molar-refractivity contribution in [2.24, 2.45) is 16.8 Å². The zero-order valence-corrected chi connectivity index (χ0v) is 19.3. The van der Waals surface area contributed by atoms with Crippen molar-refractivity contribution in [1.82, 2.24) is 20.4 Å². The molecule has 0 aromatic heterocycles. The van der Waals surface area contributed by atoms with Crippen molar-refractivity contribution < 1.29 is 0 Å². The fourth-order valence-electron chi connectivity index (χ4n) is 3.82. The minimum absolute atomic E-state index is 0. The lowest BCUT2D eigenvalue weighted by molar-refractivity contribution is 0.214. The van der Waals surface area contributed by atoms with Gasteiger partial charge in [-0.05, 0) is 72.0 Å². The van der Waals surface area contributed by atoms with Gasteiger partial charge < -0.3 is 15.5 Å². The van der Waals surface area contributed by atoms with Crippen LogP contribution in [0.3, 0.4) is 0 Å². The fourth-order valence-corrected chi connectivity index (χ4v) is 3.82. The van der Waals surface area contributed by atoms with Crippen molar-refractivity contribution in [2.45, 2.75) is 59.0 Å². The van der Waals surface area contributed by atoms with Gasteiger partial charge in [0.25, 0.3) is 0 Å². The van der Waals surface area contributed by atoms with Crippen LogP contribution in [-0.4, -0.2) is 74.2 Å². The lowest BCUT2D eigenvalue weighted by Gasteiger charge is -2.28. The van der Waals surface area contributed by atoms with E-state index in [0.717, 1.165) is 31.5 Å². The third-order valence-electron chi connectivity index (χ3n) is 5.68. The Hall–Kier alpha value is -0.0800. The van der Waals surface area contributed by atoms with E-state index >= 15 is 0 Å². The second-order valence-corrected chi connectivity index (χ2v) is 8.07. The predicted octanol–water partition coefficient (Wildman–Crippen LogP) is 2.62. The number of nitrogens with zero attached hydrogens (tertiary/aromatic N) is 3. The smallest absolute Gasteiger partial charge is 0.191 e. The summed E-state index contributed by atoms with van der Waals surface area (Å²) in [6.07, 6.45) is 3.89. The molecule has 25 heavy (non-hydrogen) atoms. The van der Waals surface area contributed by atoms with E-state index in [4.69, 9.17) is 4.99 Å². The molecular formula is C19H40IN5. The molecule has 148 valence electrons. The summed E-state index contributed by atoms with van der Waals surface area (Å²) < 4.78 is 0. The standard InChI is InChI=1S/C19H39N5.HI/c1-6-20-19(21-10-7-17-8-11-23(5)12-9-17)22-18-14-24(15(2)3)13-16(18)4;/h15-18H,6-14H2,1-5H3,(H2,20,21,22);1H. The van der Waals surface area contributed by atoms with Crippen LogP contribution in [0.1, 0.15) is 47.0 Å². The Bertz CT molecular complexity index is 393. The minimum atomic E-state index is 0. The van der Waals surface area contributed by atoms with Crippen molar-refractivity contribution in [3.8, 4) is 0 Å². The van der Waals surface area contributed by atoms with Crippen LogP contribution in [0.2, 0.25) is 0 Å². The molecule has 0 aliphatic carbocycles. The molecule has 2 fully saturated rings. The van der Waals surface area contributed by atoms with Gasteiger partial charge in [0.1, 0.15) is 0 Å². The van der Waals surface area contributed by atoms with Gasteiger partial charge in [0.05, 0.1) is 0 Å². The number of piperidine rings is 1. The van der Waals surface area contributed by atoms with Gasteiger partial charge in [0.15, 0.2) is 5.96 Å². The molecular weight excluding hydrogens is 425 g/mol. The van der Waals surface area contributed by atoms with E-state index in [-0.39, 0.29) is 24.0 Å². The number of hydrogen-bond acceptors (Lipinski definition) is 3. The number of aliphatic imine (C=N–C) groups is 1. The van der Waals surface area contributed by atoms with E-state index < -0.39 is 0 Å². The highest BCUT2D eigenvalue weighted by Crippen LogP contribution is 2.20. The maximum absolute atomic E-state index is 4.86. The molecule has 0 radical (unpaired) electrons. The SMILES string of the molecule is CCNC(=NCCC1CCN(C)CC1)NC1CN(C(C)C)CC1C.I. The molecule has 2 rings (SSSR count). The topological polar surface area (TPSA) is 42.9 Å². The maximum Gasteiger partial charge on any atom is 0.191 e. The molecule has 2 atom stereocenters. The first-order valence-corrected chi connectivity index (χ1v) is 9.97. The third kappa shape index (κ3) is 7.59. The fraction of sp³-hybridized carbons (Fsp3) is 0.947. The monoisotopic (exact) mass is 465 g/mol. The Balaban J connectivity index is 0.00000312. The molecule has 0 aromatic rings. The van der Waals surface area contributed by atoms with Crippen LogP contribution in [0, 0.1) is 11.8 Å². The van der Waals surface area contributed by atoms with Crippen molar-refractivity contribution >= 4 is 29.9 Å². The molecule has 0 spiro atoms. The highest BCUT2D eigenvalue weighted by atomic mass is 127. The van der Waals surface area contributed by atoms with Crippen LogP contribution < -0.4 is 10.6 Å². The first-order valence-electron chi connectivity index (χ1n) is 9.97. The summed E-state index contributed by atoms with van der Waals surface area (Å²) in [7, 11) is 2.23. The summed E-state index contributed by atoms with van der Waals surface area (Å²) >= 11 is 0. The van der Waals surface area contributed by atoms with Gasteiger partial charge in [-0.15, -0.1) is 24.0 Å². The summed E-state index contributed by atoms with van der Waals surface area (Å²) in [4.78, 5) is 9.85. The number of guanidine groups is 1. The Labute approximate surface area is 172 Å². The Kier molecular flexibility index (Phi) is 10.6. The zero-order chi connectivity index (χ0) is 17.5. The Morgan fingerprint density at radius 1 is 1.20 bits per heavy atom. The molecule has 2 aliphatic rings. The molecule has 6 heteroatoms. The van der Waals surface area contributed by atoms with E-state index in [0.29, 0.717) is 18.0 Å². The average molecular weight is 465 g/mol. The molecule has 2 saturated heterocycles. The lowest BCUT2D eigenvalue weighted by atomic mass is 9.94. The third-order valence-corrected chi connectivity index (χ3v) is 5.68. The summed E-state index contributed by atoms with van der Waals surface area (Å²) in [5.41, 5.74) is 0. The van der Waals surface area contributed by atoms with Gasteiger partial charge in [-0.3, -0.25) is 9.89 Å². The second kappa shape index (κ2) is 11.6. The molecule has 0 aromatic carbocycles. The molecule has 0 amide bonds. The van der Waals surface area contributed by atoms with Crippen LogP contribution in [0.5, 0.6) is 0 Å². The van der Waals surface area contributed by atoms with E-state index in [1.54, 1.807) is 0 Å². The average Bonchev–Trinajstić information content (AvgIpc) is 2.91. The minimum Gasteiger partial charge on any atom is -0.357 e. The van der Waals surface area contributed by atoms with E-state index in [1.807, 2.05) is 0 Å². The highest BCUT2D eigenvalue weighted by molar-refractivity contribution is 14.0. The lowest BCUT2D eigenvalue weighted by Crippen LogP contribution is -2.47. The largest absolute Gasteiger partial charge is 0.357 e. The quantitative estimate of drug-likeness (QED) is 0.360. The summed E-state index contributed by atoms with van der Waals surface area (Å²) in [6, 6.07) is 1.14. The molecule has 2 N–H and O–H groups in total. The first-order chi connectivity index (χ1) is 11.5. The summed E-state index contributed by atoms with van der Waals surface area (Å²) in [6.45, 7) is 15.7. The Morgan fingerprint density at radius 2 is 1.88 bits per heavy atom. The van der Waals surface area contributed by atoms with Gasteiger partial charge in [0.2, 0.25) is 0 Å². The van der Waals surface area contributed by atoms with Crippen LogP contribution in [0.4, 0.5) is 0 Å². The molecule has 2 aliphatic heterocycles.